The Hall–Kier alpha value is -1.18. The number of benzene rings is 1. The Bertz CT molecular complexity index is 512. The molecule has 1 heterocycles. The van der Waals surface area contributed by atoms with Crippen LogP contribution >= 0.6 is 0 Å². The second-order valence-corrected chi connectivity index (χ2v) is 5.55. The average molecular weight is 260 g/mol. The highest BCUT2D eigenvalue weighted by Crippen LogP contribution is 2.18. The number of rotatable bonds is 3. The van der Waals surface area contributed by atoms with Crippen molar-refractivity contribution in [1.82, 2.24) is 4.72 Å². The summed E-state index contributed by atoms with van der Waals surface area (Å²) in [5, 5.41) is 0. The number of hydrogen-bond acceptors (Lipinski definition) is 4. The van der Waals surface area contributed by atoms with Gasteiger partial charge in [-0.25, -0.2) is 17.5 Å². The Kier molecular flexibility index (Phi) is 3.32. The van der Waals surface area contributed by atoms with Crippen molar-refractivity contribution in [2.45, 2.75) is 17.4 Å². The molecular formula is C10H13FN2O3S. The minimum absolute atomic E-state index is 0.186. The van der Waals surface area contributed by atoms with Gasteiger partial charge in [-0.2, -0.15) is 0 Å². The summed E-state index contributed by atoms with van der Waals surface area (Å²) >= 11 is 0. The first-order valence-electron chi connectivity index (χ1n) is 5.14. The van der Waals surface area contributed by atoms with E-state index in [9.17, 15) is 12.8 Å². The zero-order valence-electron chi connectivity index (χ0n) is 9.02. The predicted octanol–water partition coefficient (Wildman–Crippen LogP) is 0.475. The molecule has 1 unspecified atom stereocenters. The van der Waals surface area contributed by atoms with Crippen LogP contribution in [-0.4, -0.2) is 27.7 Å². The summed E-state index contributed by atoms with van der Waals surface area (Å²) in [5.74, 6) is -0.851. The van der Waals surface area contributed by atoms with Crippen molar-refractivity contribution in [2.24, 2.45) is 0 Å². The average Bonchev–Trinajstić information content (AvgIpc) is 2.68. The molecule has 17 heavy (non-hydrogen) atoms. The molecule has 1 saturated heterocycles. The summed E-state index contributed by atoms with van der Waals surface area (Å²) in [4.78, 5) is -0.390. The van der Waals surface area contributed by atoms with Gasteiger partial charge in [0.1, 0.15) is 10.7 Å². The van der Waals surface area contributed by atoms with Crippen LogP contribution in [0.1, 0.15) is 6.42 Å². The lowest BCUT2D eigenvalue weighted by atomic mass is 10.3. The second kappa shape index (κ2) is 4.59. The van der Waals surface area contributed by atoms with Crippen LogP contribution in [0.25, 0.3) is 0 Å². The van der Waals surface area contributed by atoms with Gasteiger partial charge in [0.15, 0.2) is 0 Å². The highest BCUT2D eigenvalue weighted by Gasteiger charge is 2.25. The first-order chi connectivity index (χ1) is 7.99. The molecule has 0 spiro atoms. The number of hydrogen-bond donors (Lipinski definition) is 2. The van der Waals surface area contributed by atoms with Crippen LogP contribution in [0.5, 0.6) is 0 Å². The van der Waals surface area contributed by atoms with Crippen LogP contribution in [0.15, 0.2) is 23.1 Å². The van der Waals surface area contributed by atoms with E-state index in [-0.39, 0.29) is 11.7 Å². The normalized spacial score (nSPS) is 20.6. The largest absolute Gasteiger partial charge is 0.399 e. The standard InChI is InChI=1S/C10H13FN2O3S/c11-9-5-7(12)1-2-10(9)17(14,15)13-8-3-4-16-6-8/h1-2,5,8,13H,3-4,6,12H2. The lowest BCUT2D eigenvalue weighted by molar-refractivity contribution is 0.192. The van der Waals surface area contributed by atoms with Gasteiger partial charge in [-0.3, -0.25) is 0 Å². The van der Waals surface area contributed by atoms with Crippen LogP contribution in [0.3, 0.4) is 0 Å². The SMILES string of the molecule is Nc1ccc(S(=O)(=O)NC2CCOC2)c(F)c1. The van der Waals surface area contributed by atoms with Crippen LogP contribution in [0.2, 0.25) is 0 Å². The quantitative estimate of drug-likeness (QED) is 0.774. The molecule has 0 bridgehead atoms. The van der Waals surface area contributed by atoms with Gasteiger partial charge in [0.2, 0.25) is 10.0 Å². The third-order valence-corrected chi connectivity index (χ3v) is 4.05. The minimum atomic E-state index is -3.85. The fourth-order valence-electron chi connectivity index (χ4n) is 1.65. The van der Waals surface area contributed by atoms with E-state index >= 15 is 0 Å². The van der Waals surface area contributed by atoms with Crippen LogP contribution in [0.4, 0.5) is 10.1 Å². The van der Waals surface area contributed by atoms with Crippen molar-refractivity contribution in [1.29, 1.82) is 0 Å². The van der Waals surface area contributed by atoms with Gasteiger partial charge in [-0.05, 0) is 24.6 Å². The number of sulfonamides is 1. The second-order valence-electron chi connectivity index (χ2n) is 3.87. The van der Waals surface area contributed by atoms with E-state index < -0.39 is 20.7 Å². The fourth-order valence-corrected chi connectivity index (χ4v) is 2.96. The smallest absolute Gasteiger partial charge is 0.243 e. The highest BCUT2D eigenvalue weighted by atomic mass is 32.2. The maximum absolute atomic E-state index is 13.5. The molecule has 1 fully saturated rings. The number of ether oxygens (including phenoxy) is 1. The van der Waals surface area contributed by atoms with Crippen LogP contribution in [-0.2, 0) is 14.8 Å². The molecule has 94 valence electrons. The summed E-state index contributed by atoms with van der Waals surface area (Å²) < 4.78 is 44.7. The first-order valence-corrected chi connectivity index (χ1v) is 6.62. The Morgan fingerprint density at radius 3 is 2.82 bits per heavy atom. The maximum Gasteiger partial charge on any atom is 0.243 e. The van der Waals surface area contributed by atoms with Crippen molar-refractivity contribution in [3.05, 3.63) is 24.0 Å². The van der Waals surface area contributed by atoms with Gasteiger partial charge in [0, 0.05) is 18.3 Å². The van der Waals surface area contributed by atoms with E-state index in [2.05, 4.69) is 4.72 Å². The molecule has 2 rings (SSSR count). The van der Waals surface area contributed by atoms with Crippen LogP contribution < -0.4 is 10.5 Å². The van der Waals surface area contributed by atoms with E-state index in [0.29, 0.717) is 19.6 Å². The third-order valence-electron chi connectivity index (χ3n) is 2.50. The van der Waals surface area contributed by atoms with Gasteiger partial charge in [-0.1, -0.05) is 0 Å². The summed E-state index contributed by atoms with van der Waals surface area (Å²) in [6.45, 7) is 0.827. The molecule has 1 aromatic carbocycles. The van der Waals surface area contributed by atoms with Gasteiger partial charge >= 0.3 is 0 Å². The Morgan fingerprint density at radius 2 is 2.24 bits per heavy atom. The Balaban J connectivity index is 2.24. The zero-order valence-corrected chi connectivity index (χ0v) is 9.84. The van der Waals surface area contributed by atoms with Crippen LogP contribution in [0, 0.1) is 5.82 Å². The summed E-state index contributed by atoms with van der Waals surface area (Å²) in [6.07, 6.45) is 0.593. The van der Waals surface area contributed by atoms with Gasteiger partial charge in [-0.15, -0.1) is 0 Å². The molecular weight excluding hydrogens is 247 g/mol. The Labute approximate surface area is 98.8 Å². The summed E-state index contributed by atoms with van der Waals surface area (Å²) in [7, 11) is -3.85. The summed E-state index contributed by atoms with van der Waals surface area (Å²) in [6, 6.07) is 3.20. The molecule has 1 aromatic rings. The molecule has 1 aliphatic rings. The topological polar surface area (TPSA) is 81.4 Å². The van der Waals surface area contributed by atoms with Gasteiger partial charge in [0.05, 0.1) is 6.61 Å². The van der Waals surface area contributed by atoms with Crippen molar-refractivity contribution in [3.63, 3.8) is 0 Å². The molecule has 0 radical (unpaired) electrons. The van der Waals surface area contributed by atoms with Crippen molar-refractivity contribution >= 4 is 15.7 Å². The van der Waals surface area contributed by atoms with E-state index in [0.717, 1.165) is 12.1 Å². The number of nitrogen functional groups attached to an aromatic ring is 1. The number of anilines is 1. The summed E-state index contributed by atoms with van der Waals surface area (Å²) in [5.41, 5.74) is 5.54. The van der Waals surface area contributed by atoms with E-state index in [1.165, 1.54) is 6.07 Å². The number of nitrogens with two attached hydrogens (primary N) is 1. The zero-order chi connectivity index (χ0) is 12.5. The van der Waals surface area contributed by atoms with Crippen molar-refractivity contribution < 1.29 is 17.5 Å². The van der Waals surface area contributed by atoms with E-state index in [4.69, 9.17) is 10.5 Å². The molecule has 1 atom stereocenters. The lowest BCUT2D eigenvalue weighted by Crippen LogP contribution is -2.35. The molecule has 0 amide bonds. The molecule has 0 aromatic heterocycles. The molecule has 7 heteroatoms. The van der Waals surface area contributed by atoms with Crippen molar-refractivity contribution in [2.75, 3.05) is 18.9 Å². The number of nitrogens with one attached hydrogen (secondary N) is 1. The molecule has 0 saturated carbocycles. The molecule has 5 nitrogen and oxygen atoms in total. The predicted molar refractivity (Wildman–Crippen MR) is 60.4 cm³/mol. The highest BCUT2D eigenvalue weighted by molar-refractivity contribution is 7.89. The van der Waals surface area contributed by atoms with Crippen molar-refractivity contribution in [3.8, 4) is 0 Å². The fraction of sp³-hybridized carbons (Fsp3) is 0.400. The lowest BCUT2D eigenvalue weighted by Gasteiger charge is -2.12. The van der Waals surface area contributed by atoms with E-state index in [1.54, 1.807) is 0 Å². The maximum atomic E-state index is 13.5. The monoisotopic (exact) mass is 260 g/mol. The van der Waals surface area contributed by atoms with E-state index in [1.807, 2.05) is 0 Å². The molecule has 1 aliphatic heterocycles. The minimum Gasteiger partial charge on any atom is -0.399 e. The first kappa shape index (κ1) is 12.3. The Morgan fingerprint density at radius 1 is 1.47 bits per heavy atom. The third kappa shape index (κ3) is 2.74. The molecule has 3 N–H and O–H groups in total. The number of halogens is 1. The van der Waals surface area contributed by atoms with Gasteiger partial charge in [0.25, 0.3) is 0 Å². The van der Waals surface area contributed by atoms with Gasteiger partial charge < -0.3 is 10.5 Å². The molecule has 0 aliphatic carbocycles.